The number of β-amino-alcohol motifs (C(OH)–C–C–N with tert-alkyl or cyclic N) is 1. The zero-order chi connectivity index (χ0) is 33.2. The summed E-state index contributed by atoms with van der Waals surface area (Å²) >= 11 is 1.59. The minimum absolute atomic E-state index is 0.0257. The van der Waals surface area contributed by atoms with Crippen LogP contribution in [0.5, 0.6) is 5.75 Å². The second-order valence-corrected chi connectivity index (χ2v) is 14.9. The number of ether oxygens (including phenoxy) is 1. The first-order valence-corrected chi connectivity index (χ1v) is 17.0. The molecule has 2 fully saturated rings. The molecule has 1 saturated heterocycles. The summed E-state index contributed by atoms with van der Waals surface area (Å²) in [5, 5.41) is 16.5. The monoisotopic (exact) mass is 646 g/mol. The number of hydrogen-bond acceptors (Lipinski definition) is 7. The van der Waals surface area contributed by atoms with E-state index in [4.69, 9.17) is 4.74 Å². The Bertz CT molecular complexity index is 1520. The fraction of sp³-hybridized carbons (Fsp3) is 0.500. The van der Waals surface area contributed by atoms with Gasteiger partial charge >= 0.3 is 0 Å². The van der Waals surface area contributed by atoms with Gasteiger partial charge in [0, 0.05) is 13.0 Å². The Labute approximate surface area is 275 Å². The number of aromatic nitrogens is 1. The van der Waals surface area contributed by atoms with Crippen molar-refractivity contribution in [2.75, 3.05) is 6.54 Å². The van der Waals surface area contributed by atoms with Gasteiger partial charge in [-0.25, -0.2) is 4.98 Å². The van der Waals surface area contributed by atoms with Gasteiger partial charge in [-0.15, -0.1) is 11.3 Å². The van der Waals surface area contributed by atoms with E-state index in [1.807, 2.05) is 88.7 Å². The summed E-state index contributed by atoms with van der Waals surface area (Å²) in [6.07, 6.45) is 1.77. The van der Waals surface area contributed by atoms with Crippen molar-refractivity contribution in [1.29, 1.82) is 0 Å². The molecule has 3 aromatic rings. The quantitative estimate of drug-likeness (QED) is 0.278. The molecule has 3 amide bonds. The molecular weight excluding hydrogens is 600 g/mol. The summed E-state index contributed by atoms with van der Waals surface area (Å²) in [6.45, 7) is 11.8. The van der Waals surface area contributed by atoms with Crippen LogP contribution in [0.4, 0.5) is 0 Å². The number of hydrogen-bond donors (Lipinski definition) is 3. The van der Waals surface area contributed by atoms with Crippen molar-refractivity contribution in [1.82, 2.24) is 20.5 Å². The van der Waals surface area contributed by atoms with Crippen molar-refractivity contribution >= 4 is 29.1 Å². The Hall–Kier alpha value is -3.76. The van der Waals surface area contributed by atoms with Gasteiger partial charge in [0.15, 0.2) is 0 Å². The molecule has 0 spiro atoms. The van der Waals surface area contributed by atoms with E-state index < -0.39 is 23.6 Å². The number of aliphatic hydroxyl groups excluding tert-OH is 1. The van der Waals surface area contributed by atoms with E-state index in [2.05, 4.69) is 22.5 Å². The minimum Gasteiger partial charge on any atom is -0.490 e. The number of carbonyl (C=O) groups excluding carboxylic acids is 3. The average Bonchev–Trinajstić information content (AvgIpc) is 3.60. The standard InChI is InChI=1S/C36H46N4O5S/c1-21-15-29(16-21)45-28-13-7-24(8-14-28)17-31(42)39-33(36(4,5)6)35(44)40-19-27(41)18-30(40)34(43)38-22(2)25-9-11-26(12-10-25)32-23(3)37-20-46-32/h7-14,20-22,27,29-30,33,41H,15-19H2,1-6H3,(H,38,43)(H,39,42)/t21?,22-,27+,29?,30-,33+/m0/s1. The molecular formula is C36H46N4O5S. The third-order valence-electron chi connectivity index (χ3n) is 8.98. The molecule has 5 rings (SSSR count). The van der Waals surface area contributed by atoms with Crippen LogP contribution < -0.4 is 15.4 Å². The molecule has 1 saturated carbocycles. The van der Waals surface area contributed by atoms with Crippen molar-refractivity contribution in [3.63, 3.8) is 0 Å². The Morgan fingerprint density at radius 1 is 1.04 bits per heavy atom. The largest absolute Gasteiger partial charge is 0.490 e. The van der Waals surface area contributed by atoms with E-state index in [-0.39, 0.29) is 49.3 Å². The highest BCUT2D eigenvalue weighted by Crippen LogP contribution is 2.32. The summed E-state index contributed by atoms with van der Waals surface area (Å²) in [5.41, 5.74) is 4.97. The average molecular weight is 647 g/mol. The number of nitrogens with zero attached hydrogens (tertiary/aromatic N) is 2. The van der Waals surface area contributed by atoms with E-state index in [0.717, 1.165) is 45.9 Å². The number of benzene rings is 2. The van der Waals surface area contributed by atoms with Crippen LogP contribution in [0.25, 0.3) is 10.4 Å². The van der Waals surface area contributed by atoms with E-state index in [1.54, 1.807) is 11.3 Å². The molecule has 0 radical (unpaired) electrons. The van der Waals surface area contributed by atoms with Crippen LogP contribution in [0.1, 0.15) is 76.7 Å². The predicted molar refractivity (Wildman–Crippen MR) is 179 cm³/mol. The van der Waals surface area contributed by atoms with Gasteiger partial charge < -0.3 is 25.4 Å². The lowest BCUT2D eigenvalue weighted by molar-refractivity contribution is -0.144. The van der Waals surface area contributed by atoms with Crippen molar-refractivity contribution in [3.8, 4) is 16.2 Å². The maximum Gasteiger partial charge on any atom is 0.246 e. The van der Waals surface area contributed by atoms with Gasteiger partial charge in [0.2, 0.25) is 17.7 Å². The topological polar surface area (TPSA) is 121 Å². The van der Waals surface area contributed by atoms with Gasteiger partial charge in [0.25, 0.3) is 0 Å². The summed E-state index contributed by atoms with van der Waals surface area (Å²) in [4.78, 5) is 47.6. The lowest BCUT2D eigenvalue weighted by Gasteiger charge is -2.35. The molecule has 0 bridgehead atoms. The number of thiazole rings is 1. The van der Waals surface area contributed by atoms with Crippen LogP contribution >= 0.6 is 11.3 Å². The summed E-state index contributed by atoms with van der Waals surface area (Å²) < 4.78 is 5.98. The number of rotatable bonds is 10. The van der Waals surface area contributed by atoms with Crippen molar-refractivity contribution in [2.24, 2.45) is 11.3 Å². The van der Waals surface area contributed by atoms with Gasteiger partial charge in [0.1, 0.15) is 17.8 Å². The van der Waals surface area contributed by atoms with E-state index in [1.165, 1.54) is 4.90 Å². The normalized spacial score (nSPS) is 22.5. The van der Waals surface area contributed by atoms with Gasteiger partial charge in [-0.3, -0.25) is 14.4 Å². The van der Waals surface area contributed by atoms with Crippen LogP contribution in [-0.2, 0) is 20.8 Å². The second kappa shape index (κ2) is 13.9. The summed E-state index contributed by atoms with van der Waals surface area (Å²) in [7, 11) is 0. The number of aryl methyl sites for hydroxylation is 1. The molecule has 9 nitrogen and oxygen atoms in total. The van der Waals surface area contributed by atoms with Crippen molar-refractivity contribution < 1.29 is 24.2 Å². The van der Waals surface area contributed by atoms with Gasteiger partial charge in [-0.05, 0) is 66.8 Å². The zero-order valence-electron chi connectivity index (χ0n) is 27.6. The van der Waals surface area contributed by atoms with Gasteiger partial charge in [-0.2, -0.15) is 0 Å². The number of amides is 3. The molecule has 46 heavy (non-hydrogen) atoms. The number of likely N-dealkylation sites (tertiary alicyclic amines) is 1. The van der Waals surface area contributed by atoms with Crippen LogP contribution in [0.2, 0.25) is 0 Å². The van der Waals surface area contributed by atoms with Crippen LogP contribution in [0.15, 0.2) is 54.0 Å². The van der Waals surface area contributed by atoms with Crippen molar-refractivity contribution in [2.45, 2.75) is 97.6 Å². The molecule has 2 heterocycles. The molecule has 1 aromatic heterocycles. The fourth-order valence-electron chi connectivity index (χ4n) is 6.22. The Balaban J connectivity index is 1.21. The molecule has 2 aromatic carbocycles. The lowest BCUT2D eigenvalue weighted by Crippen LogP contribution is -2.58. The van der Waals surface area contributed by atoms with E-state index >= 15 is 0 Å². The smallest absolute Gasteiger partial charge is 0.246 e. The predicted octanol–water partition coefficient (Wildman–Crippen LogP) is 5.21. The Kier molecular flexibility index (Phi) is 10.2. The number of aliphatic hydroxyl groups is 1. The number of carbonyl (C=O) groups is 3. The maximum absolute atomic E-state index is 14.0. The van der Waals surface area contributed by atoms with E-state index in [0.29, 0.717) is 5.92 Å². The Morgan fingerprint density at radius 2 is 1.72 bits per heavy atom. The van der Waals surface area contributed by atoms with Gasteiger partial charge in [0.05, 0.1) is 40.8 Å². The van der Waals surface area contributed by atoms with Gasteiger partial charge in [-0.1, -0.05) is 64.1 Å². The van der Waals surface area contributed by atoms with Crippen LogP contribution in [0.3, 0.4) is 0 Å². The first kappa shape index (κ1) is 33.6. The maximum atomic E-state index is 14.0. The fourth-order valence-corrected chi connectivity index (χ4v) is 7.03. The van der Waals surface area contributed by atoms with Crippen molar-refractivity contribution in [3.05, 3.63) is 70.9 Å². The first-order chi connectivity index (χ1) is 21.8. The molecule has 3 N–H and O–H groups in total. The third-order valence-corrected chi connectivity index (χ3v) is 9.96. The minimum atomic E-state index is -0.885. The summed E-state index contributed by atoms with van der Waals surface area (Å²) in [5.74, 6) is 0.482. The molecule has 246 valence electrons. The van der Waals surface area contributed by atoms with E-state index in [9.17, 15) is 19.5 Å². The molecule has 0 unspecified atom stereocenters. The molecule has 4 atom stereocenters. The molecule has 10 heteroatoms. The zero-order valence-corrected chi connectivity index (χ0v) is 28.4. The second-order valence-electron chi connectivity index (χ2n) is 14.0. The highest BCUT2D eigenvalue weighted by molar-refractivity contribution is 7.13. The first-order valence-electron chi connectivity index (χ1n) is 16.1. The van der Waals surface area contributed by atoms with Crippen LogP contribution in [-0.4, -0.2) is 63.5 Å². The SMILES string of the molecule is Cc1ncsc1-c1ccc([C@H](C)NC(=O)[C@@H]2C[C@@H](O)CN2C(=O)[C@@H](NC(=O)Cc2ccc(OC3CC(C)C3)cc2)C(C)(C)C)cc1. The lowest BCUT2D eigenvalue weighted by atomic mass is 9.84. The third kappa shape index (κ3) is 7.96. The molecule has 2 aliphatic rings. The van der Waals surface area contributed by atoms with Crippen LogP contribution in [0, 0.1) is 18.3 Å². The summed E-state index contributed by atoms with van der Waals surface area (Å²) in [6, 6.07) is 13.4. The highest BCUT2D eigenvalue weighted by atomic mass is 32.1. The Morgan fingerprint density at radius 3 is 2.30 bits per heavy atom. The number of nitrogens with one attached hydrogen (secondary N) is 2. The molecule has 1 aliphatic carbocycles. The highest BCUT2D eigenvalue weighted by Gasteiger charge is 2.44. The molecule has 1 aliphatic heterocycles.